The second-order valence-corrected chi connectivity index (χ2v) is 15.5. The molecule has 0 radical (unpaired) electrons. The van der Waals surface area contributed by atoms with Crippen LogP contribution < -0.4 is 0 Å². The summed E-state index contributed by atoms with van der Waals surface area (Å²) in [5, 5.41) is 0. The fraction of sp³-hybridized carbons (Fsp3) is 0.784. The minimum Gasteiger partial charge on any atom is -0.456 e. The fourth-order valence-corrected chi connectivity index (χ4v) is 11.0. The van der Waals surface area contributed by atoms with Gasteiger partial charge in [-0.1, -0.05) is 53.7 Å². The molecule has 6 saturated carbocycles. The molecule has 0 saturated heterocycles. The quantitative estimate of drug-likeness (QED) is 0.152. The average Bonchev–Trinajstić information content (AvgIpc) is 3.82. The summed E-state index contributed by atoms with van der Waals surface area (Å²) in [6.07, 6.45) is 13.3. The summed E-state index contributed by atoms with van der Waals surface area (Å²) < 4.78 is 21.7. The van der Waals surface area contributed by atoms with E-state index in [4.69, 9.17) is 18.9 Å². The first-order valence-electron chi connectivity index (χ1n) is 17.4. The summed E-state index contributed by atoms with van der Waals surface area (Å²) in [6.45, 7) is 16.4. The first-order chi connectivity index (χ1) is 21.3. The zero-order valence-electron chi connectivity index (χ0n) is 28.0. The van der Waals surface area contributed by atoms with E-state index in [9.17, 15) is 19.2 Å². The van der Waals surface area contributed by atoms with Crippen molar-refractivity contribution in [3.63, 3.8) is 0 Å². The van der Waals surface area contributed by atoms with Crippen LogP contribution in [0.4, 0.5) is 0 Å². The normalized spacial score (nSPS) is 38.3. The topological polar surface area (TPSA) is 105 Å². The molecule has 8 heteroatoms. The number of carbonyl (C=O) groups excluding carboxylic acids is 4. The first kappa shape index (κ1) is 33.7. The molecule has 6 aliphatic rings. The van der Waals surface area contributed by atoms with Crippen molar-refractivity contribution in [2.24, 2.45) is 59.2 Å². The lowest BCUT2D eigenvalue weighted by atomic mass is 9.68. The van der Waals surface area contributed by atoms with Crippen molar-refractivity contribution in [1.29, 1.82) is 0 Å². The van der Waals surface area contributed by atoms with Gasteiger partial charge >= 0.3 is 23.9 Å². The third kappa shape index (κ3) is 6.24. The van der Waals surface area contributed by atoms with Gasteiger partial charge in [0.1, 0.15) is 11.2 Å². The van der Waals surface area contributed by atoms with Gasteiger partial charge in [-0.2, -0.15) is 0 Å². The Bertz CT molecular complexity index is 1190. The predicted molar refractivity (Wildman–Crippen MR) is 168 cm³/mol. The van der Waals surface area contributed by atoms with Crippen LogP contribution in [-0.4, -0.2) is 48.3 Å². The molecule has 0 N–H and O–H groups in total. The summed E-state index contributed by atoms with van der Waals surface area (Å²) in [5.41, 5.74) is -0.415. The number of ether oxygens (including phenoxy) is 4. The van der Waals surface area contributed by atoms with Gasteiger partial charge in [-0.05, 0) is 106 Å². The predicted octanol–water partition coefficient (Wildman–Crippen LogP) is 6.61. The lowest BCUT2D eigenvalue weighted by Gasteiger charge is -2.45. The zero-order valence-corrected chi connectivity index (χ0v) is 28.0. The first-order valence-corrected chi connectivity index (χ1v) is 17.4. The van der Waals surface area contributed by atoms with Crippen LogP contribution in [0.15, 0.2) is 24.8 Å². The van der Waals surface area contributed by atoms with Gasteiger partial charge in [-0.15, -0.1) is 0 Å². The van der Waals surface area contributed by atoms with Crippen LogP contribution in [0.3, 0.4) is 0 Å². The van der Waals surface area contributed by atoms with Crippen LogP contribution in [0.5, 0.6) is 0 Å². The van der Waals surface area contributed by atoms with Crippen molar-refractivity contribution < 1.29 is 38.1 Å². The number of hydrogen-bond donors (Lipinski definition) is 0. The van der Waals surface area contributed by atoms with Gasteiger partial charge in [0, 0.05) is 23.5 Å². The summed E-state index contributed by atoms with van der Waals surface area (Å²) in [6, 6.07) is 0. The standard InChI is InChI=1S/C19H28O4.C18H26O4/c1-11(2)18(21)22-10-17(20)23-19(12(3)4)9-13-8-16(19)15-7-5-6-14(13)15;1-4-16(19)21-10-17(20)22-18(11(2)3)9-12-8-15(18)14-7-5-6-13(12)14/h12-16H,1,5-10H2,2-4H3;4,11-15H,1,5-10H2,2-3H3. The summed E-state index contributed by atoms with van der Waals surface area (Å²) in [4.78, 5) is 47.0. The van der Waals surface area contributed by atoms with E-state index >= 15 is 0 Å². The molecule has 0 aliphatic heterocycles. The second-order valence-electron chi connectivity index (χ2n) is 15.5. The van der Waals surface area contributed by atoms with Crippen LogP contribution in [0.1, 0.15) is 98.8 Å². The van der Waals surface area contributed by atoms with E-state index in [1.807, 2.05) is 0 Å². The lowest BCUT2D eigenvalue weighted by Crippen LogP contribution is -2.49. The van der Waals surface area contributed by atoms with Crippen LogP contribution >= 0.6 is 0 Å². The number of fused-ring (bicyclic) bond motifs is 10. The number of rotatable bonds is 10. The molecule has 0 aromatic carbocycles. The number of esters is 4. The van der Waals surface area contributed by atoms with Crippen LogP contribution in [0, 0.1) is 59.2 Å². The highest BCUT2D eigenvalue weighted by atomic mass is 16.6. The molecule has 6 rings (SSSR count). The maximum absolute atomic E-state index is 12.3. The molecule has 0 amide bonds. The molecular formula is C37H54O8. The Kier molecular flexibility index (Phi) is 9.91. The molecule has 6 fully saturated rings. The third-order valence-corrected chi connectivity index (χ3v) is 12.8. The van der Waals surface area contributed by atoms with E-state index in [1.165, 1.54) is 51.4 Å². The maximum Gasteiger partial charge on any atom is 0.344 e. The molecular weight excluding hydrogens is 572 g/mol. The Morgan fingerprint density at radius 1 is 0.733 bits per heavy atom. The highest BCUT2D eigenvalue weighted by Crippen LogP contribution is 2.66. The summed E-state index contributed by atoms with van der Waals surface area (Å²) >= 11 is 0. The Morgan fingerprint density at radius 2 is 1.16 bits per heavy atom. The molecule has 10 atom stereocenters. The van der Waals surface area contributed by atoms with Crippen molar-refractivity contribution in [2.45, 2.75) is 110 Å². The monoisotopic (exact) mass is 626 g/mol. The molecule has 0 aromatic heterocycles. The molecule has 45 heavy (non-hydrogen) atoms. The average molecular weight is 627 g/mol. The summed E-state index contributed by atoms with van der Waals surface area (Å²) in [5.74, 6) is 4.18. The van der Waals surface area contributed by atoms with Gasteiger partial charge in [0.15, 0.2) is 13.2 Å². The van der Waals surface area contributed by atoms with Crippen LogP contribution in [0.2, 0.25) is 0 Å². The van der Waals surface area contributed by atoms with Crippen LogP contribution in [0.25, 0.3) is 0 Å². The molecule has 0 heterocycles. The molecule has 10 unspecified atom stereocenters. The van der Waals surface area contributed by atoms with E-state index in [0.29, 0.717) is 41.1 Å². The Morgan fingerprint density at radius 3 is 1.56 bits per heavy atom. The Hall–Kier alpha value is -2.64. The minimum absolute atomic E-state index is 0.292. The van der Waals surface area contributed by atoms with Crippen molar-refractivity contribution in [3.05, 3.63) is 24.8 Å². The van der Waals surface area contributed by atoms with E-state index < -0.39 is 23.9 Å². The molecule has 0 aromatic rings. The number of hydrogen-bond acceptors (Lipinski definition) is 8. The van der Waals surface area contributed by atoms with Gasteiger partial charge in [-0.3, -0.25) is 0 Å². The van der Waals surface area contributed by atoms with Crippen molar-refractivity contribution in [1.82, 2.24) is 0 Å². The summed E-state index contributed by atoms with van der Waals surface area (Å²) in [7, 11) is 0. The highest BCUT2D eigenvalue weighted by Gasteiger charge is 2.65. The largest absolute Gasteiger partial charge is 0.456 e. The van der Waals surface area contributed by atoms with Gasteiger partial charge in [0.25, 0.3) is 0 Å². The van der Waals surface area contributed by atoms with Crippen molar-refractivity contribution in [3.8, 4) is 0 Å². The van der Waals surface area contributed by atoms with E-state index in [2.05, 4.69) is 40.9 Å². The lowest BCUT2D eigenvalue weighted by molar-refractivity contribution is -0.184. The highest BCUT2D eigenvalue weighted by molar-refractivity contribution is 5.88. The molecule has 0 spiro atoms. The van der Waals surface area contributed by atoms with E-state index in [0.717, 1.165) is 42.6 Å². The van der Waals surface area contributed by atoms with Crippen LogP contribution in [-0.2, 0) is 38.1 Å². The van der Waals surface area contributed by atoms with E-state index in [-0.39, 0.29) is 24.4 Å². The molecule has 8 nitrogen and oxygen atoms in total. The van der Waals surface area contributed by atoms with Gasteiger partial charge in [0.05, 0.1) is 0 Å². The smallest absolute Gasteiger partial charge is 0.344 e. The van der Waals surface area contributed by atoms with Crippen molar-refractivity contribution in [2.75, 3.05) is 13.2 Å². The van der Waals surface area contributed by atoms with E-state index in [1.54, 1.807) is 6.92 Å². The molecule has 6 aliphatic carbocycles. The maximum atomic E-state index is 12.3. The third-order valence-electron chi connectivity index (χ3n) is 12.8. The minimum atomic E-state index is -0.584. The Balaban J connectivity index is 0.000000178. The SMILES string of the molecule is C=C(C)C(=O)OCC(=O)OC1(C(C)C)CC2CC1C1CCCC21.C=CC(=O)OCC(=O)OC1(C(C)C)CC2CC1C1CCCC21. The van der Waals surface area contributed by atoms with Gasteiger partial charge in [-0.25, -0.2) is 19.2 Å². The Labute approximate surface area is 269 Å². The molecule has 250 valence electrons. The van der Waals surface area contributed by atoms with Crippen molar-refractivity contribution >= 4 is 23.9 Å². The zero-order chi connectivity index (χ0) is 32.7. The molecule has 4 bridgehead atoms. The second kappa shape index (κ2) is 13.2. The fourth-order valence-electron chi connectivity index (χ4n) is 11.0. The number of carbonyl (C=O) groups is 4. The van der Waals surface area contributed by atoms with Gasteiger partial charge < -0.3 is 18.9 Å². The van der Waals surface area contributed by atoms with Gasteiger partial charge in [0.2, 0.25) is 0 Å².